The number of allylic oxidation sites excluding steroid dienone is 1. The van der Waals surface area contributed by atoms with Gasteiger partial charge in [0.2, 0.25) is 0 Å². The average Bonchev–Trinajstić information content (AvgIpc) is 2.56. The molecule has 0 saturated heterocycles. The van der Waals surface area contributed by atoms with Crippen LogP contribution in [0.5, 0.6) is 0 Å². The fraction of sp³-hybridized carbons (Fsp3) is 0.632. The highest BCUT2D eigenvalue weighted by Crippen LogP contribution is 2.41. The summed E-state index contributed by atoms with van der Waals surface area (Å²) in [7, 11) is 0. The molecule has 0 N–H and O–H groups in total. The third-order valence-electron chi connectivity index (χ3n) is 5.26. The van der Waals surface area contributed by atoms with E-state index in [9.17, 15) is 8.78 Å². The van der Waals surface area contributed by atoms with E-state index in [1.165, 1.54) is 5.57 Å². The van der Waals surface area contributed by atoms with Gasteiger partial charge in [-0.15, -0.1) is 0 Å². The highest BCUT2D eigenvalue weighted by atomic mass is 19.1. The van der Waals surface area contributed by atoms with Crippen molar-refractivity contribution in [3.63, 3.8) is 0 Å². The number of hydrogen-bond acceptors (Lipinski definition) is 1. The molecule has 3 heteroatoms. The summed E-state index contributed by atoms with van der Waals surface area (Å²) in [5, 5.41) is 0. The largest absolute Gasteiger partial charge is 0.257 e. The van der Waals surface area contributed by atoms with Crippen molar-refractivity contribution in [2.24, 2.45) is 11.8 Å². The molecule has 1 nitrogen and oxygen atoms in total. The van der Waals surface area contributed by atoms with Crippen LogP contribution in [0.1, 0.15) is 57.1 Å². The summed E-state index contributed by atoms with van der Waals surface area (Å²) in [6, 6.07) is 5.93. The molecule has 2 saturated carbocycles. The number of alkyl halides is 2. The Morgan fingerprint density at radius 2 is 1.41 bits per heavy atom. The number of pyridine rings is 1. The molecular formula is C19H25F2N. The van der Waals surface area contributed by atoms with Gasteiger partial charge >= 0.3 is 0 Å². The molecule has 3 rings (SSSR count). The number of halogens is 2. The Bertz CT molecular complexity index is 459. The van der Waals surface area contributed by atoms with E-state index in [0.717, 1.165) is 31.4 Å². The maximum absolute atomic E-state index is 13.5. The summed E-state index contributed by atoms with van der Waals surface area (Å²) in [6.07, 6.45) is 9.13. The Morgan fingerprint density at radius 1 is 0.864 bits per heavy atom. The normalized spacial score (nSPS) is 32.5. The molecule has 0 aliphatic heterocycles. The molecule has 0 radical (unpaired) electrons. The van der Waals surface area contributed by atoms with Crippen molar-refractivity contribution in [2.45, 2.75) is 63.7 Å². The minimum absolute atomic E-state index is 0.454. The van der Waals surface area contributed by atoms with E-state index >= 15 is 0 Å². The molecule has 0 unspecified atom stereocenters. The molecular weight excluding hydrogens is 280 g/mol. The second-order valence-electron chi connectivity index (χ2n) is 6.80. The van der Waals surface area contributed by atoms with Gasteiger partial charge in [-0.25, -0.2) is 8.78 Å². The Labute approximate surface area is 131 Å². The summed E-state index contributed by atoms with van der Waals surface area (Å²) >= 11 is 0. The lowest BCUT2D eigenvalue weighted by Gasteiger charge is -2.34. The number of rotatable bonds is 3. The first-order valence-corrected chi connectivity index (χ1v) is 8.63. The minimum atomic E-state index is -0.631. The third-order valence-corrected chi connectivity index (χ3v) is 5.26. The Hall–Kier alpha value is -1.25. The zero-order valence-electron chi connectivity index (χ0n) is 13.1. The van der Waals surface area contributed by atoms with E-state index in [4.69, 9.17) is 0 Å². The fourth-order valence-electron chi connectivity index (χ4n) is 3.97. The molecule has 0 bridgehead atoms. The highest BCUT2D eigenvalue weighted by molar-refractivity contribution is 5.50. The monoisotopic (exact) mass is 305 g/mol. The van der Waals surface area contributed by atoms with Crippen LogP contribution in [0.25, 0.3) is 6.08 Å². The van der Waals surface area contributed by atoms with E-state index in [0.29, 0.717) is 37.5 Å². The lowest BCUT2D eigenvalue weighted by molar-refractivity contribution is 0.192. The van der Waals surface area contributed by atoms with Crippen LogP contribution in [0.4, 0.5) is 8.78 Å². The van der Waals surface area contributed by atoms with E-state index in [1.807, 2.05) is 18.2 Å². The summed E-state index contributed by atoms with van der Waals surface area (Å²) in [4.78, 5) is 4.41. The lowest BCUT2D eigenvalue weighted by atomic mass is 9.73. The van der Waals surface area contributed by atoms with Gasteiger partial charge in [-0.2, -0.15) is 0 Å². The number of aromatic nitrogens is 1. The smallest absolute Gasteiger partial charge is 0.100 e. The maximum atomic E-state index is 13.5. The molecule has 1 aromatic rings. The van der Waals surface area contributed by atoms with Crippen molar-refractivity contribution in [2.75, 3.05) is 0 Å². The Morgan fingerprint density at radius 3 is 1.86 bits per heavy atom. The van der Waals surface area contributed by atoms with E-state index in [2.05, 4.69) is 11.1 Å². The molecule has 0 atom stereocenters. The van der Waals surface area contributed by atoms with Crippen LogP contribution >= 0.6 is 0 Å². The van der Waals surface area contributed by atoms with Crippen molar-refractivity contribution in [3.8, 4) is 0 Å². The Kier molecular flexibility index (Phi) is 5.22. The zero-order chi connectivity index (χ0) is 15.4. The SMILES string of the molecule is FC1CCC(C(=Cc2ccccn2)C2CCC(F)CC2)CC1. The predicted molar refractivity (Wildman–Crippen MR) is 85.9 cm³/mol. The summed E-state index contributed by atoms with van der Waals surface area (Å²) < 4.78 is 26.9. The van der Waals surface area contributed by atoms with Crippen molar-refractivity contribution >= 4 is 6.08 Å². The number of hydrogen-bond donors (Lipinski definition) is 0. The zero-order valence-corrected chi connectivity index (χ0v) is 13.1. The molecule has 1 heterocycles. The first-order valence-electron chi connectivity index (χ1n) is 8.63. The van der Waals surface area contributed by atoms with Gasteiger partial charge in [-0.1, -0.05) is 11.6 Å². The van der Waals surface area contributed by atoms with Crippen LogP contribution in [-0.2, 0) is 0 Å². The van der Waals surface area contributed by atoms with Gasteiger partial charge in [0, 0.05) is 6.20 Å². The molecule has 120 valence electrons. The number of nitrogens with zero attached hydrogens (tertiary/aromatic N) is 1. The average molecular weight is 305 g/mol. The van der Waals surface area contributed by atoms with Gasteiger partial charge in [0.15, 0.2) is 0 Å². The van der Waals surface area contributed by atoms with Crippen molar-refractivity contribution in [1.29, 1.82) is 0 Å². The van der Waals surface area contributed by atoms with Crippen LogP contribution in [0, 0.1) is 11.8 Å². The van der Waals surface area contributed by atoms with Crippen molar-refractivity contribution < 1.29 is 8.78 Å². The second-order valence-corrected chi connectivity index (χ2v) is 6.80. The molecule has 2 aliphatic carbocycles. The molecule has 0 amide bonds. The van der Waals surface area contributed by atoms with E-state index < -0.39 is 12.3 Å². The molecule has 2 aliphatic rings. The third kappa shape index (κ3) is 3.93. The predicted octanol–water partition coefficient (Wildman–Crippen LogP) is 5.52. The van der Waals surface area contributed by atoms with Crippen LogP contribution in [0.2, 0.25) is 0 Å². The first kappa shape index (κ1) is 15.6. The van der Waals surface area contributed by atoms with Gasteiger partial charge in [-0.05, 0) is 81.4 Å². The first-order chi connectivity index (χ1) is 10.7. The minimum Gasteiger partial charge on any atom is -0.257 e. The molecule has 0 spiro atoms. The van der Waals surface area contributed by atoms with Crippen molar-refractivity contribution in [1.82, 2.24) is 4.98 Å². The summed E-state index contributed by atoms with van der Waals surface area (Å²) in [5.74, 6) is 0.908. The van der Waals surface area contributed by atoms with Gasteiger partial charge in [-0.3, -0.25) is 4.98 Å². The van der Waals surface area contributed by atoms with Gasteiger partial charge in [0.1, 0.15) is 12.3 Å². The standard InChI is InChI=1S/C19H25F2N/c20-16-8-4-14(5-9-16)19(13-18-3-1-2-12-22-18)15-6-10-17(21)11-7-15/h1-3,12-17H,4-11H2. The summed E-state index contributed by atoms with van der Waals surface area (Å²) in [5.41, 5.74) is 2.37. The van der Waals surface area contributed by atoms with Crippen LogP contribution in [-0.4, -0.2) is 17.3 Å². The van der Waals surface area contributed by atoms with Crippen LogP contribution < -0.4 is 0 Å². The molecule has 22 heavy (non-hydrogen) atoms. The van der Waals surface area contributed by atoms with Crippen LogP contribution in [0.3, 0.4) is 0 Å². The van der Waals surface area contributed by atoms with Crippen LogP contribution in [0.15, 0.2) is 30.0 Å². The molecule has 2 fully saturated rings. The Balaban J connectivity index is 1.80. The fourth-order valence-corrected chi connectivity index (χ4v) is 3.97. The quantitative estimate of drug-likeness (QED) is 0.716. The lowest BCUT2D eigenvalue weighted by Crippen LogP contribution is -2.24. The van der Waals surface area contributed by atoms with Gasteiger partial charge in [0.25, 0.3) is 0 Å². The van der Waals surface area contributed by atoms with E-state index in [-0.39, 0.29) is 0 Å². The van der Waals surface area contributed by atoms with Crippen molar-refractivity contribution in [3.05, 3.63) is 35.7 Å². The van der Waals surface area contributed by atoms with E-state index in [1.54, 1.807) is 6.20 Å². The molecule has 0 aromatic carbocycles. The topological polar surface area (TPSA) is 12.9 Å². The van der Waals surface area contributed by atoms with Gasteiger partial charge in [0.05, 0.1) is 5.69 Å². The second kappa shape index (κ2) is 7.34. The maximum Gasteiger partial charge on any atom is 0.100 e. The molecule has 1 aromatic heterocycles. The van der Waals surface area contributed by atoms with Gasteiger partial charge < -0.3 is 0 Å². The summed E-state index contributed by atoms with van der Waals surface area (Å²) in [6.45, 7) is 0. The highest BCUT2D eigenvalue weighted by Gasteiger charge is 2.30.